The van der Waals surface area contributed by atoms with Crippen molar-refractivity contribution in [3.8, 4) is 0 Å². The summed E-state index contributed by atoms with van der Waals surface area (Å²) in [7, 11) is -3.83. The fourth-order valence-electron chi connectivity index (χ4n) is 4.06. The highest BCUT2D eigenvalue weighted by Gasteiger charge is 2.24. The van der Waals surface area contributed by atoms with E-state index >= 15 is 0 Å². The van der Waals surface area contributed by atoms with Crippen molar-refractivity contribution in [2.24, 2.45) is 0 Å². The minimum Gasteiger partial charge on any atom is -0.378 e. The van der Waals surface area contributed by atoms with Gasteiger partial charge in [0.2, 0.25) is 0 Å². The lowest BCUT2D eigenvalue weighted by molar-refractivity contribution is 0.0300. The topological polar surface area (TPSA) is 79.0 Å². The minimum absolute atomic E-state index is 0.0759. The standard InChI is InChI=1S/C23H29N3O4S2/c1-31-22-10-9-20(17-21(22)23(27)26-13-15-30-16-14-26)32(28,29)24-18-5-7-19(8-6-18)25-11-3-2-4-12-25/h5-10,17,24H,2-4,11-16H2,1H3. The molecular formula is C23H29N3O4S2. The SMILES string of the molecule is CSc1ccc(S(=O)(=O)Nc2ccc(N3CCCCC3)cc2)cc1C(=O)N1CCOCC1. The number of rotatable bonds is 6. The smallest absolute Gasteiger partial charge is 0.261 e. The normalized spacial score (nSPS) is 17.3. The highest BCUT2D eigenvalue weighted by Crippen LogP contribution is 2.27. The molecule has 2 fully saturated rings. The van der Waals surface area contributed by atoms with E-state index in [-0.39, 0.29) is 10.8 Å². The van der Waals surface area contributed by atoms with Crippen LogP contribution in [0.15, 0.2) is 52.3 Å². The fraction of sp³-hybridized carbons (Fsp3) is 0.435. The monoisotopic (exact) mass is 475 g/mol. The number of anilines is 2. The maximum atomic E-state index is 13.1. The molecule has 172 valence electrons. The summed E-state index contributed by atoms with van der Waals surface area (Å²) in [5.74, 6) is -0.166. The van der Waals surface area contributed by atoms with Crippen LogP contribution in [0.1, 0.15) is 29.6 Å². The molecule has 2 aromatic rings. The molecule has 0 spiro atoms. The summed E-state index contributed by atoms with van der Waals surface area (Å²) < 4.78 is 34.1. The number of piperidine rings is 1. The molecule has 2 aliphatic heterocycles. The second-order valence-corrected chi connectivity index (χ2v) is 10.5. The van der Waals surface area contributed by atoms with Crippen molar-refractivity contribution < 1.29 is 17.9 Å². The molecule has 2 aromatic carbocycles. The first-order chi connectivity index (χ1) is 15.5. The summed E-state index contributed by atoms with van der Waals surface area (Å²) in [6, 6.07) is 12.2. The van der Waals surface area contributed by atoms with Crippen LogP contribution in [0.2, 0.25) is 0 Å². The van der Waals surface area contributed by atoms with Crippen molar-refractivity contribution in [1.82, 2.24) is 4.90 Å². The number of hydrogen-bond acceptors (Lipinski definition) is 6. The molecule has 1 amide bonds. The summed E-state index contributed by atoms with van der Waals surface area (Å²) >= 11 is 1.43. The van der Waals surface area contributed by atoms with Crippen LogP contribution in [0.3, 0.4) is 0 Å². The summed E-state index contributed by atoms with van der Waals surface area (Å²) in [5.41, 5.74) is 2.01. The van der Waals surface area contributed by atoms with Gasteiger partial charge in [0.05, 0.1) is 23.7 Å². The average molecular weight is 476 g/mol. The molecule has 0 atom stereocenters. The van der Waals surface area contributed by atoms with Gasteiger partial charge in [-0.05, 0) is 68.0 Å². The van der Waals surface area contributed by atoms with Crippen molar-refractivity contribution >= 4 is 39.1 Å². The molecule has 0 radical (unpaired) electrons. The van der Waals surface area contributed by atoms with Gasteiger partial charge in [-0.1, -0.05) is 0 Å². The van der Waals surface area contributed by atoms with Gasteiger partial charge in [0.1, 0.15) is 0 Å². The lowest BCUT2D eigenvalue weighted by Crippen LogP contribution is -2.40. The molecule has 7 nitrogen and oxygen atoms in total. The molecule has 1 N–H and O–H groups in total. The van der Waals surface area contributed by atoms with Crippen LogP contribution in [0, 0.1) is 0 Å². The number of ether oxygens (including phenoxy) is 1. The zero-order valence-electron chi connectivity index (χ0n) is 18.2. The van der Waals surface area contributed by atoms with Gasteiger partial charge in [0.15, 0.2) is 0 Å². The quantitative estimate of drug-likeness (QED) is 0.643. The van der Waals surface area contributed by atoms with Gasteiger partial charge in [0.25, 0.3) is 15.9 Å². The number of morpholine rings is 1. The van der Waals surface area contributed by atoms with E-state index in [1.165, 1.54) is 37.1 Å². The van der Waals surface area contributed by atoms with E-state index in [2.05, 4.69) is 9.62 Å². The summed E-state index contributed by atoms with van der Waals surface area (Å²) in [6.45, 7) is 4.07. The zero-order valence-corrected chi connectivity index (χ0v) is 19.9. The fourth-order valence-corrected chi connectivity index (χ4v) is 5.72. The Morgan fingerprint density at radius 3 is 2.31 bits per heavy atom. The van der Waals surface area contributed by atoms with E-state index in [1.807, 2.05) is 18.4 Å². The van der Waals surface area contributed by atoms with E-state index in [1.54, 1.807) is 29.2 Å². The lowest BCUT2D eigenvalue weighted by atomic mass is 10.1. The predicted octanol–water partition coefficient (Wildman–Crippen LogP) is 3.67. The predicted molar refractivity (Wildman–Crippen MR) is 128 cm³/mol. The molecule has 0 bridgehead atoms. The third kappa shape index (κ3) is 5.22. The van der Waals surface area contributed by atoms with Crippen molar-refractivity contribution in [2.75, 3.05) is 55.3 Å². The first kappa shape index (κ1) is 22.9. The molecule has 2 aliphatic rings. The maximum absolute atomic E-state index is 13.1. The largest absolute Gasteiger partial charge is 0.378 e. The first-order valence-electron chi connectivity index (χ1n) is 10.9. The van der Waals surface area contributed by atoms with E-state index in [9.17, 15) is 13.2 Å². The van der Waals surface area contributed by atoms with Crippen LogP contribution in [-0.2, 0) is 14.8 Å². The number of thioether (sulfide) groups is 1. The molecule has 0 aromatic heterocycles. The van der Waals surface area contributed by atoms with E-state index in [0.29, 0.717) is 37.6 Å². The summed E-state index contributed by atoms with van der Waals surface area (Å²) in [5, 5.41) is 0. The van der Waals surface area contributed by atoms with Crippen molar-refractivity contribution in [2.45, 2.75) is 29.1 Å². The maximum Gasteiger partial charge on any atom is 0.261 e. The Balaban J connectivity index is 1.53. The number of amides is 1. The minimum atomic E-state index is -3.83. The van der Waals surface area contributed by atoms with Crippen LogP contribution in [0.4, 0.5) is 11.4 Å². The molecule has 4 rings (SSSR count). The third-order valence-electron chi connectivity index (χ3n) is 5.85. The Morgan fingerprint density at radius 2 is 1.66 bits per heavy atom. The molecule has 2 heterocycles. The van der Waals surface area contributed by atoms with Crippen LogP contribution in [0.5, 0.6) is 0 Å². The van der Waals surface area contributed by atoms with Gasteiger partial charge in [-0.15, -0.1) is 11.8 Å². The number of nitrogens with one attached hydrogen (secondary N) is 1. The Labute approximate surface area is 194 Å². The number of carbonyl (C=O) groups excluding carboxylic acids is 1. The average Bonchev–Trinajstić information content (AvgIpc) is 2.84. The highest BCUT2D eigenvalue weighted by molar-refractivity contribution is 7.98. The van der Waals surface area contributed by atoms with Gasteiger partial charge in [0, 0.05) is 42.4 Å². The second kappa shape index (κ2) is 10.1. The number of sulfonamides is 1. The Bertz CT molecular complexity index is 1050. The van der Waals surface area contributed by atoms with E-state index in [0.717, 1.165) is 23.7 Å². The molecule has 9 heteroatoms. The highest BCUT2D eigenvalue weighted by atomic mass is 32.2. The molecule has 0 aliphatic carbocycles. The molecule has 0 unspecified atom stereocenters. The third-order valence-corrected chi connectivity index (χ3v) is 8.03. The van der Waals surface area contributed by atoms with Crippen LogP contribution in [-0.4, -0.2) is 64.9 Å². The first-order valence-corrected chi connectivity index (χ1v) is 13.6. The van der Waals surface area contributed by atoms with Gasteiger partial charge in [-0.3, -0.25) is 9.52 Å². The van der Waals surface area contributed by atoms with E-state index in [4.69, 9.17) is 4.74 Å². The summed E-state index contributed by atoms with van der Waals surface area (Å²) in [4.78, 5) is 17.9. The van der Waals surface area contributed by atoms with Gasteiger partial charge in [-0.2, -0.15) is 0 Å². The van der Waals surface area contributed by atoms with Crippen molar-refractivity contribution in [1.29, 1.82) is 0 Å². The lowest BCUT2D eigenvalue weighted by Gasteiger charge is -2.28. The number of benzene rings is 2. The zero-order chi connectivity index (χ0) is 22.6. The second-order valence-electron chi connectivity index (χ2n) is 7.97. The Kier molecular flexibility index (Phi) is 7.27. The van der Waals surface area contributed by atoms with Crippen LogP contribution >= 0.6 is 11.8 Å². The van der Waals surface area contributed by atoms with Gasteiger partial charge >= 0.3 is 0 Å². The summed E-state index contributed by atoms with van der Waals surface area (Å²) in [6.07, 6.45) is 5.51. The van der Waals surface area contributed by atoms with Crippen LogP contribution in [0.25, 0.3) is 0 Å². The molecule has 0 saturated carbocycles. The molecular weight excluding hydrogens is 446 g/mol. The van der Waals surface area contributed by atoms with Crippen LogP contribution < -0.4 is 9.62 Å². The van der Waals surface area contributed by atoms with Crippen molar-refractivity contribution in [3.05, 3.63) is 48.0 Å². The molecule has 2 saturated heterocycles. The number of carbonyl (C=O) groups is 1. The Hall–Kier alpha value is -2.23. The van der Waals surface area contributed by atoms with Crippen molar-refractivity contribution in [3.63, 3.8) is 0 Å². The van der Waals surface area contributed by atoms with E-state index < -0.39 is 10.0 Å². The number of hydrogen-bond donors (Lipinski definition) is 1. The molecule has 32 heavy (non-hydrogen) atoms. The van der Waals surface area contributed by atoms with Gasteiger partial charge < -0.3 is 14.5 Å². The Morgan fingerprint density at radius 1 is 0.969 bits per heavy atom. The number of nitrogens with zero attached hydrogens (tertiary/aromatic N) is 2. The van der Waals surface area contributed by atoms with Gasteiger partial charge in [-0.25, -0.2) is 8.42 Å².